The van der Waals surface area contributed by atoms with E-state index in [1.807, 2.05) is 31.2 Å². The fourth-order valence-electron chi connectivity index (χ4n) is 2.60. The Morgan fingerprint density at radius 3 is 2.39 bits per heavy atom. The van der Waals surface area contributed by atoms with E-state index in [1.54, 1.807) is 32.0 Å². The average molecular weight is 428 g/mol. The fraction of sp³-hybridized carbons (Fsp3) is 0.333. The minimum atomic E-state index is -1.11. The zero-order valence-electron chi connectivity index (χ0n) is 18.2. The van der Waals surface area contributed by atoms with Crippen LogP contribution in [0.4, 0.5) is 0 Å². The first-order valence-electron chi connectivity index (χ1n) is 9.86. The summed E-state index contributed by atoms with van der Waals surface area (Å²) < 4.78 is 22.1. The summed E-state index contributed by atoms with van der Waals surface area (Å²) in [4.78, 5) is 23.0. The van der Waals surface area contributed by atoms with E-state index >= 15 is 0 Å². The van der Waals surface area contributed by atoms with Crippen LogP contribution in [0.1, 0.15) is 31.4 Å². The SMILES string of the molecule is COc1cc(/C=C/C(=O)O)ccc1OCCCOC(=O)C(C)(C)Oc1ccc(C)cc1. The molecule has 2 aromatic rings. The maximum atomic E-state index is 12.4. The van der Waals surface area contributed by atoms with Gasteiger partial charge in [0.2, 0.25) is 0 Å². The van der Waals surface area contributed by atoms with E-state index in [2.05, 4.69) is 0 Å². The Morgan fingerprint density at radius 2 is 1.74 bits per heavy atom. The Morgan fingerprint density at radius 1 is 1.03 bits per heavy atom. The molecule has 0 heterocycles. The van der Waals surface area contributed by atoms with Gasteiger partial charge in [-0.25, -0.2) is 9.59 Å². The van der Waals surface area contributed by atoms with Gasteiger partial charge >= 0.3 is 11.9 Å². The highest BCUT2D eigenvalue weighted by molar-refractivity contribution is 5.85. The summed E-state index contributed by atoms with van der Waals surface area (Å²) in [5.41, 5.74) is 0.672. The first kappa shape index (κ1) is 23.8. The molecule has 0 radical (unpaired) electrons. The lowest BCUT2D eigenvalue weighted by atomic mass is 10.1. The van der Waals surface area contributed by atoms with E-state index in [1.165, 1.54) is 13.2 Å². The lowest BCUT2D eigenvalue weighted by molar-refractivity contribution is -0.159. The Kier molecular flexibility index (Phi) is 8.49. The van der Waals surface area contributed by atoms with E-state index in [9.17, 15) is 9.59 Å². The number of esters is 1. The Balaban J connectivity index is 1.79. The number of carbonyl (C=O) groups is 2. The van der Waals surface area contributed by atoms with E-state index in [-0.39, 0.29) is 6.61 Å². The van der Waals surface area contributed by atoms with Gasteiger partial charge in [0.25, 0.3) is 0 Å². The Labute approximate surface area is 182 Å². The lowest BCUT2D eigenvalue weighted by Gasteiger charge is -2.24. The van der Waals surface area contributed by atoms with E-state index in [0.717, 1.165) is 11.6 Å². The van der Waals surface area contributed by atoms with Crippen molar-refractivity contribution in [1.29, 1.82) is 0 Å². The number of benzene rings is 2. The number of aryl methyl sites for hydroxylation is 1. The summed E-state index contributed by atoms with van der Waals surface area (Å²) >= 11 is 0. The molecule has 0 saturated carbocycles. The van der Waals surface area contributed by atoms with Gasteiger partial charge in [-0.05, 0) is 56.7 Å². The van der Waals surface area contributed by atoms with E-state index < -0.39 is 17.5 Å². The fourth-order valence-corrected chi connectivity index (χ4v) is 2.60. The molecule has 0 fully saturated rings. The molecular formula is C24H28O7. The summed E-state index contributed by atoms with van der Waals surface area (Å²) in [6, 6.07) is 12.6. The maximum Gasteiger partial charge on any atom is 0.349 e. The third-order valence-electron chi connectivity index (χ3n) is 4.27. The number of hydrogen-bond acceptors (Lipinski definition) is 6. The monoisotopic (exact) mass is 428 g/mol. The van der Waals surface area contributed by atoms with Crippen molar-refractivity contribution in [3.8, 4) is 17.2 Å². The highest BCUT2D eigenvalue weighted by Gasteiger charge is 2.31. The third-order valence-corrected chi connectivity index (χ3v) is 4.27. The minimum Gasteiger partial charge on any atom is -0.493 e. The van der Waals surface area contributed by atoms with Gasteiger partial charge in [-0.15, -0.1) is 0 Å². The van der Waals surface area contributed by atoms with Gasteiger partial charge in [0.15, 0.2) is 17.1 Å². The molecule has 0 spiro atoms. The van der Waals surface area contributed by atoms with Gasteiger partial charge in [-0.2, -0.15) is 0 Å². The summed E-state index contributed by atoms with van der Waals surface area (Å²) in [6.07, 6.45) is 3.00. The van der Waals surface area contributed by atoms with Gasteiger partial charge in [-0.3, -0.25) is 0 Å². The van der Waals surface area contributed by atoms with Crippen LogP contribution in [-0.2, 0) is 14.3 Å². The van der Waals surface area contributed by atoms with Crippen molar-refractivity contribution in [3.63, 3.8) is 0 Å². The molecule has 0 saturated heterocycles. The molecule has 166 valence electrons. The van der Waals surface area contributed by atoms with Gasteiger partial charge < -0.3 is 24.1 Å². The zero-order chi connectivity index (χ0) is 22.9. The summed E-state index contributed by atoms with van der Waals surface area (Å²) in [5, 5.41) is 8.71. The van der Waals surface area contributed by atoms with Gasteiger partial charge in [0, 0.05) is 12.5 Å². The molecule has 0 aliphatic carbocycles. The molecule has 1 N–H and O–H groups in total. The van der Waals surface area contributed by atoms with Crippen LogP contribution in [0.5, 0.6) is 17.2 Å². The van der Waals surface area contributed by atoms with Crippen LogP contribution in [0.3, 0.4) is 0 Å². The molecule has 0 atom stereocenters. The molecule has 2 rings (SSSR count). The van der Waals surface area contributed by atoms with E-state index in [0.29, 0.717) is 35.8 Å². The molecule has 0 bridgehead atoms. The van der Waals surface area contributed by atoms with Crippen molar-refractivity contribution in [1.82, 2.24) is 0 Å². The maximum absolute atomic E-state index is 12.4. The molecular weight excluding hydrogens is 400 g/mol. The van der Waals surface area contributed by atoms with Crippen LogP contribution >= 0.6 is 0 Å². The first-order valence-corrected chi connectivity index (χ1v) is 9.86. The molecule has 31 heavy (non-hydrogen) atoms. The second-order valence-corrected chi connectivity index (χ2v) is 7.35. The van der Waals surface area contributed by atoms with Crippen LogP contribution < -0.4 is 14.2 Å². The summed E-state index contributed by atoms with van der Waals surface area (Å²) in [5.74, 6) is 0.118. The molecule has 0 aliphatic rings. The number of aliphatic carboxylic acids is 1. The largest absolute Gasteiger partial charge is 0.493 e. The van der Waals surface area contributed by atoms with Crippen LogP contribution in [-0.4, -0.2) is 43.0 Å². The lowest BCUT2D eigenvalue weighted by Crippen LogP contribution is -2.40. The zero-order valence-corrected chi connectivity index (χ0v) is 18.2. The smallest absolute Gasteiger partial charge is 0.349 e. The number of rotatable bonds is 11. The van der Waals surface area contributed by atoms with Crippen molar-refractivity contribution in [3.05, 3.63) is 59.7 Å². The van der Waals surface area contributed by atoms with Crippen LogP contribution in [0, 0.1) is 6.92 Å². The van der Waals surface area contributed by atoms with Crippen molar-refractivity contribution >= 4 is 18.0 Å². The quantitative estimate of drug-likeness (QED) is 0.325. The molecule has 0 amide bonds. The molecule has 7 heteroatoms. The Bertz CT molecular complexity index is 914. The summed E-state index contributed by atoms with van der Waals surface area (Å²) in [6.45, 7) is 5.80. The van der Waals surface area contributed by atoms with Crippen LogP contribution in [0.25, 0.3) is 6.08 Å². The first-order chi connectivity index (χ1) is 14.7. The molecule has 7 nitrogen and oxygen atoms in total. The number of hydrogen-bond donors (Lipinski definition) is 1. The molecule has 0 unspecified atom stereocenters. The highest BCUT2D eigenvalue weighted by atomic mass is 16.6. The topological polar surface area (TPSA) is 91.3 Å². The number of carboxylic acids is 1. The van der Waals surface area contributed by atoms with Gasteiger partial charge in [-0.1, -0.05) is 23.8 Å². The predicted octanol–water partition coefficient (Wildman–Crippen LogP) is 4.27. The van der Waals surface area contributed by atoms with Crippen molar-refractivity contribution < 1.29 is 33.6 Å². The predicted molar refractivity (Wildman–Crippen MR) is 117 cm³/mol. The minimum absolute atomic E-state index is 0.182. The van der Waals surface area contributed by atoms with Crippen molar-refractivity contribution in [2.24, 2.45) is 0 Å². The van der Waals surface area contributed by atoms with Gasteiger partial charge in [0.1, 0.15) is 5.75 Å². The summed E-state index contributed by atoms with van der Waals surface area (Å²) in [7, 11) is 1.50. The van der Waals surface area contributed by atoms with Crippen molar-refractivity contribution in [2.75, 3.05) is 20.3 Å². The second kappa shape index (κ2) is 11.1. The third kappa shape index (κ3) is 7.70. The van der Waals surface area contributed by atoms with Gasteiger partial charge in [0.05, 0.1) is 20.3 Å². The molecule has 2 aromatic carbocycles. The normalized spacial score (nSPS) is 11.2. The van der Waals surface area contributed by atoms with Crippen LogP contribution in [0.15, 0.2) is 48.5 Å². The Hall–Kier alpha value is -3.48. The molecule has 0 aromatic heterocycles. The van der Waals surface area contributed by atoms with Crippen LogP contribution in [0.2, 0.25) is 0 Å². The number of carboxylic acid groups (broad SMARTS) is 1. The van der Waals surface area contributed by atoms with E-state index in [4.69, 9.17) is 24.1 Å². The molecule has 0 aliphatic heterocycles. The second-order valence-electron chi connectivity index (χ2n) is 7.35. The van der Waals surface area contributed by atoms with Crippen molar-refractivity contribution in [2.45, 2.75) is 32.8 Å². The highest BCUT2D eigenvalue weighted by Crippen LogP contribution is 2.28. The standard InChI is InChI=1S/C24H28O7/c1-17-6-10-19(11-7-17)31-24(2,3)23(27)30-15-5-14-29-20-12-8-18(9-13-22(25)26)16-21(20)28-4/h6-13,16H,5,14-15H2,1-4H3,(H,25,26)/b13-9+. The number of ether oxygens (including phenoxy) is 4. The average Bonchev–Trinajstić information content (AvgIpc) is 2.73. The number of carbonyl (C=O) groups excluding carboxylic acids is 1. The number of methoxy groups -OCH3 is 1.